The van der Waals surface area contributed by atoms with Gasteiger partial charge in [-0.05, 0) is 13.8 Å². The predicted octanol–water partition coefficient (Wildman–Crippen LogP) is 0.196. The van der Waals surface area contributed by atoms with E-state index >= 15 is 0 Å². The lowest BCUT2D eigenvalue weighted by atomic mass is 10.3. The van der Waals surface area contributed by atoms with Crippen molar-refractivity contribution >= 4 is 5.96 Å². The summed E-state index contributed by atoms with van der Waals surface area (Å²) in [5.41, 5.74) is 5.63. The number of aromatic nitrogens is 2. The van der Waals surface area contributed by atoms with Crippen molar-refractivity contribution in [3.8, 4) is 0 Å². The van der Waals surface area contributed by atoms with E-state index in [0.717, 1.165) is 6.54 Å². The van der Waals surface area contributed by atoms with Crippen LogP contribution in [0.5, 0.6) is 0 Å². The molecule has 1 rings (SSSR count). The fourth-order valence-corrected chi connectivity index (χ4v) is 1.23. The number of hydrogen-bond donors (Lipinski definition) is 2. The molecule has 0 saturated heterocycles. The summed E-state index contributed by atoms with van der Waals surface area (Å²) >= 11 is 0. The molecule has 0 bridgehead atoms. The fourth-order valence-electron chi connectivity index (χ4n) is 1.23. The van der Waals surface area contributed by atoms with Gasteiger partial charge in [-0.3, -0.25) is 4.99 Å². The summed E-state index contributed by atoms with van der Waals surface area (Å²) in [6.07, 6.45) is 5.47. The van der Waals surface area contributed by atoms with Crippen LogP contribution < -0.4 is 11.1 Å². The highest BCUT2D eigenvalue weighted by molar-refractivity contribution is 5.78. The normalized spacial score (nSPS) is 14.0. The summed E-state index contributed by atoms with van der Waals surface area (Å²) < 4.78 is 2.00. The minimum atomic E-state index is 0.250. The zero-order valence-corrected chi connectivity index (χ0v) is 8.64. The van der Waals surface area contributed by atoms with Gasteiger partial charge in [0, 0.05) is 31.5 Å². The van der Waals surface area contributed by atoms with Gasteiger partial charge < -0.3 is 15.6 Å². The highest BCUT2D eigenvalue weighted by atomic mass is 15.1. The number of rotatable bonds is 4. The SMILES string of the molecule is CCN=C(N)NC(C)Cn1ccnc1. The van der Waals surface area contributed by atoms with Crippen molar-refractivity contribution in [2.75, 3.05) is 6.54 Å². The van der Waals surface area contributed by atoms with Gasteiger partial charge in [0.05, 0.1) is 6.33 Å². The lowest BCUT2D eigenvalue weighted by Crippen LogP contribution is -2.40. The Morgan fingerprint density at radius 1 is 1.71 bits per heavy atom. The van der Waals surface area contributed by atoms with Crippen LogP contribution in [0, 0.1) is 0 Å². The van der Waals surface area contributed by atoms with Crippen molar-refractivity contribution in [2.45, 2.75) is 26.4 Å². The average molecular weight is 195 g/mol. The standard InChI is InChI=1S/C9H17N5/c1-3-12-9(10)13-8(2)6-14-5-4-11-7-14/h4-5,7-8H,3,6H2,1-2H3,(H3,10,12,13). The van der Waals surface area contributed by atoms with E-state index in [2.05, 4.69) is 22.2 Å². The monoisotopic (exact) mass is 195 g/mol. The molecule has 5 nitrogen and oxygen atoms in total. The molecule has 14 heavy (non-hydrogen) atoms. The van der Waals surface area contributed by atoms with Gasteiger partial charge in [-0.2, -0.15) is 0 Å². The molecule has 0 aromatic carbocycles. The van der Waals surface area contributed by atoms with E-state index < -0.39 is 0 Å². The first-order valence-electron chi connectivity index (χ1n) is 4.74. The summed E-state index contributed by atoms with van der Waals surface area (Å²) in [7, 11) is 0. The third-order valence-electron chi connectivity index (χ3n) is 1.77. The molecule has 0 aliphatic rings. The number of imidazole rings is 1. The smallest absolute Gasteiger partial charge is 0.188 e. The van der Waals surface area contributed by atoms with Crippen LogP contribution in [0.3, 0.4) is 0 Å². The lowest BCUT2D eigenvalue weighted by Gasteiger charge is -2.14. The first-order chi connectivity index (χ1) is 6.72. The maximum absolute atomic E-state index is 5.63. The molecule has 1 unspecified atom stereocenters. The maximum atomic E-state index is 5.63. The zero-order valence-electron chi connectivity index (χ0n) is 8.64. The van der Waals surface area contributed by atoms with Gasteiger partial charge in [0.15, 0.2) is 5.96 Å². The van der Waals surface area contributed by atoms with Crippen LogP contribution in [0.15, 0.2) is 23.7 Å². The Morgan fingerprint density at radius 3 is 3.07 bits per heavy atom. The molecule has 0 spiro atoms. The molecule has 1 heterocycles. The van der Waals surface area contributed by atoms with Gasteiger partial charge in [-0.1, -0.05) is 0 Å². The van der Waals surface area contributed by atoms with Crippen LogP contribution in [0.25, 0.3) is 0 Å². The van der Waals surface area contributed by atoms with E-state index in [9.17, 15) is 0 Å². The third kappa shape index (κ3) is 3.47. The number of nitrogens with two attached hydrogens (primary N) is 1. The van der Waals surface area contributed by atoms with E-state index in [-0.39, 0.29) is 6.04 Å². The molecule has 1 aromatic heterocycles. The highest BCUT2D eigenvalue weighted by Crippen LogP contribution is 1.90. The number of hydrogen-bond acceptors (Lipinski definition) is 2. The summed E-state index contributed by atoms with van der Waals surface area (Å²) in [5.74, 6) is 0.500. The molecular formula is C9H17N5. The molecule has 0 aliphatic heterocycles. The Hall–Kier alpha value is -1.52. The molecule has 0 fully saturated rings. The molecular weight excluding hydrogens is 178 g/mol. The first-order valence-corrected chi connectivity index (χ1v) is 4.74. The predicted molar refractivity (Wildman–Crippen MR) is 57.0 cm³/mol. The largest absolute Gasteiger partial charge is 0.370 e. The van der Waals surface area contributed by atoms with Crippen LogP contribution in [0.2, 0.25) is 0 Å². The van der Waals surface area contributed by atoms with Crippen LogP contribution in [-0.2, 0) is 6.54 Å². The van der Waals surface area contributed by atoms with Gasteiger partial charge in [0.2, 0.25) is 0 Å². The van der Waals surface area contributed by atoms with Crippen molar-refractivity contribution < 1.29 is 0 Å². The summed E-state index contributed by atoms with van der Waals surface area (Å²) in [5, 5.41) is 3.10. The first kappa shape index (κ1) is 10.6. The Kier molecular flexibility index (Phi) is 3.97. The van der Waals surface area contributed by atoms with Crippen molar-refractivity contribution in [1.82, 2.24) is 14.9 Å². The molecule has 0 radical (unpaired) electrons. The topological polar surface area (TPSA) is 68.2 Å². The van der Waals surface area contributed by atoms with E-state index in [0.29, 0.717) is 12.5 Å². The molecule has 78 valence electrons. The van der Waals surface area contributed by atoms with Crippen molar-refractivity contribution in [3.05, 3.63) is 18.7 Å². The Morgan fingerprint density at radius 2 is 2.50 bits per heavy atom. The summed E-state index contributed by atoms with van der Waals surface area (Å²) in [6.45, 7) is 5.55. The number of nitrogens with one attached hydrogen (secondary N) is 1. The second kappa shape index (κ2) is 5.26. The molecule has 0 saturated carbocycles. The number of nitrogens with zero attached hydrogens (tertiary/aromatic N) is 3. The molecule has 1 atom stereocenters. The zero-order chi connectivity index (χ0) is 10.4. The van der Waals surface area contributed by atoms with Gasteiger partial charge in [-0.25, -0.2) is 4.98 Å². The molecule has 0 aliphatic carbocycles. The number of aliphatic imine (C=N–C) groups is 1. The van der Waals surface area contributed by atoms with Crippen LogP contribution in [0.4, 0.5) is 0 Å². The second-order valence-electron chi connectivity index (χ2n) is 3.16. The third-order valence-corrected chi connectivity index (χ3v) is 1.77. The van der Waals surface area contributed by atoms with Crippen LogP contribution >= 0.6 is 0 Å². The van der Waals surface area contributed by atoms with Gasteiger partial charge in [-0.15, -0.1) is 0 Å². The quantitative estimate of drug-likeness (QED) is 0.532. The average Bonchev–Trinajstić information content (AvgIpc) is 2.56. The van der Waals surface area contributed by atoms with Gasteiger partial charge in [0.25, 0.3) is 0 Å². The van der Waals surface area contributed by atoms with E-state index in [1.54, 1.807) is 12.5 Å². The fraction of sp³-hybridized carbons (Fsp3) is 0.556. The van der Waals surface area contributed by atoms with E-state index in [4.69, 9.17) is 5.73 Å². The number of guanidine groups is 1. The van der Waals surface area contributed by atoms with Crippen LogP contribution in [-0.4, -0.2) is 28.1 Å². The summed E-state index contributed by atoms with van der Waals surface area (Å²) in [6, 6.07) is 0.250. The lowest BCUT2D eigenvalue weighted by molar-refractivity contribution is 0.543. The van der Waals surface area contributed by atoms with Crippen molar-refractivity contribution in [1.29, 1.82) is 0 Å². The van der Waals surface area contributed by atoms with E-state index in [1.165, 1.54) is 0 Å². The Balaban J connectivity index is 2.36. The molecule has 1 aromatic rings. The Bertz CT molecular complexity index is 277. The van der Waals surface area contributed by atoms with Crippen molar-refractivity contribution in [3.63, 3.8) is 0 Å². The maximum Gasteiger partial charge on any atom is 0.188 e. The van der Waals surface area contributed by atoms with Crippen LogP contribution in [0.1, 0.15) is 13.8 Å². The van der Waals surface area contributed by atoms with E-state index in [1.807, 2.05) is 17.7 Å². The Labute approximate surface area is 84.0 Å². The van der Waals surface area contributed by atoms with Gasteiger partial charge in [0.1, 0.15) is 0 Å². The second-order valence-corrected chi connectivity index (χ2v) is 3.16. The molecule has 5 heteroatoms. The molecule has 0 amide bonds. The van der Waals surface area contributed by atoms with Gasteiger partial charge >= 0.3 is 0 Å². The minimum Gasteiger partial charge on any atom is -0.370 e. The van der Waals surface area contributed by atoms with Crippen molar-refractivity contribution in [2.24, 2.45) is 10.7 Å². The molecule has 3 N–H and O–H groups in total. The summed E-state index contributed by atoms with van der Waals surface area (Å²) in [4.78, 5) is 8.02. The highest BCUT2D eigenvalue weighted by Gasteiger charge is 2.02. The minimum absolute atomic E-state index is 0.250.